The third kappa shape index (κ3) is 3.34. The van der Waals surface area contributed by atoms with Crippen LogP contribution in [-0.2, 0) is 4.79 Å². The summed E-state index contributed by atoms with van der Waals surface area (Å²) < 4.78 is 0. The minimum Gasteiger partial charge on any atom is -0.390 e. The van der Waals surface area contributed by atoms with Crippen molar-refractivity contribution in [3.8, 4) is 0 Å². The highest BCUT2D eigenvalue weighted by atomic mass is 16.3. The molecule has 0 amide bonds. The van der Waals surface area contributed by atoms with E-state index in [0.717, 1.165) is 24.2 Å². The Morgan fingerprint density at radius 2 is 1.72 bits per heavy atom. The van der Waals surface area contributed by atoms with E-state index in [1.807, 2.05) is 0 Å². The van der Waals surface area contributed by atoms with Crippen LogP contribution in [0, 0.1) is 52.3 Å². The van der Waals surface area contributed by atoms with Crippen molar-refractivity contribution < 1.29 is 15.0 Å². The zero-order valence-electron chi connectivity index (χ0n) is 19.4. The predicted octanol–water partition coefficient (Wildman–Crippen LogP) is 5.23. The minimum absolute atomic E-state index is 0.0481. The minimum atomic E-state index is -0.723. The van der Waals surface area contributed by atoms with Gasteiger partial charge in [-0.2, -0.15) is 0 Å². The Morgan fingerprint density at radius 3 is 2.41 bits per heavy atom. The summed E-state index contributed by atoms with van der Waals surface area (Å²) in [5.41, 5.74) is 0.255. The van der Waals surface area contributed by atoms with Crippen LogP contribution >= 0.6 is 0 Å². The van der Waals surface area contributed by atoms with Gasteiger partial charge in [0.25, 0.3) is 0 Å². The van der Waals surface area contributed by atoms with Crippen LogP contribution in [0.2, 0.25) is 0 Å². The normalized spacial score (nSPS) is 51.7. The van der Waals surface area contributed by atoms with Gasteiger partial charge in [0.2, 0.25) is 0 Å². The zero-order valence-corrected chi connectivity index (χ0v) is 19.4. The highest BCUT2D eigenvalue weighted by Crippen LogP contribution is 2.67. The van der Waals surface area contributed by atoms with E-state index in [1.165, 1.54) is 38.5 Å². The number of carbonyl (C=O) groups excluding carboxylic acids is 1. The van der Waals surface area contributed by atoms with E-state index in [2.05, 4.69) is 34.6 Å². The van der Waals surface area contributed by atoms with Gasteiger partial charge >= 0.3 is 0 Å². The summed E-state index contributed by atoms with van der Waals surface area (Å²) >= 11 is 0. The lowest BCUT2D eigenvalue weighted by molar-refractivity contribution is -0.173. The van der Waals surface area contributed by atoms with Crippen molar-refractivity contribution in [1.82, 2.24) is 0 Å². The van der Waals surface area contributed by atoms with Gasteiger partial charge in [-0.1, -0.05) is 41.0 Å². The van der Waals surface area contributed by atoms with E-state index < -0.39 is 12.2 Å². The molecule has 11 atom stereocenters. The molecule has 166 valence electrons. The molecule has 0 saturated heterocycles. The lowest BCUT2D eigenvalue weighted by atomic mass is 9.44. The van der Waals surface area contributed by atoms with Crippen LogP contribution in [0.3, 0.4) is 0 Å². The van der Waals surface area contributed by atoms with E-state index in [4.69, 9.17) is 0 Å². The third-order valence-corrected chi connectivity index (χ3v) is 10.7. The fraction of sp³-hybridized carbons (Fsp3) is 0.962. The van der Waals surface area contributed by atoms with Crippen LogP contribution in [-0.4, -0.2) is 28.2 Å². The Labute approximate surface area is 178 Å². The summed E-state index contributed by atoms with van der Waals surface area (Å²) in [6.07, 6.45) is 8.10. The number of Topliss-reactive ketones (excluding diaryl/α,β-unsaturated/α-hetero) is 1. The molecule has 2 unspecified atom stereocenters. The second-order valence-electron chi connectivity index (χ2n) is 12.1. The fourth-order valence-electron chi connectivity index (χ4n) is 9.01. The number of hydrogen-bond donors (Lipinski definition) is 2. The van der Waals surface area contributed by atoms with Crippen LogP contribution in [0.4, 0.5) is 0 Å². The average molecular weight is 405 g/mol. The summed E-state index contributed by atoms with van der Waals surface area (Å²) in [5, 5.41) is 20.7. The number of rotatable bonds is 4. The monoisotopic (exact) mass is 404 g/mol. The first kappa shape index (κ1) is 21.8. The van der Waals surface area contributed by atoms with E-state index in [-0.39, 0.29) is 11.3 Å². The van der Waals surface area contributed by atoms with Crippen LogP contribution in [0.5, 0.6) is 0 Å². The van der Waals surface area contributed by atoms with Gasteiger partial charge < -0.3 is 10.2 Å². The first-order valence-electron chi connectivity index (χ1n) is 12.5. The standard InChI is InChI=1S/C26H44O3/c1-6-15(2)11-16(3)18-7-8-19-17-12-22(27)21-13-23(28)24(29)14-26(21,5)20(17)9-10-25(18,19)4/h15-21,23-24,28-29H,6-14H2,1-5H3/t15?,16?,17-,18+,19-,20-,21+,23-,24+,25+,26+/m0/s1. The Kier molecular flexibility index (Phi) is 5.73. The number of ketones is 1. The van der Waals surface area contributed by atoms with E-state index in [1.54, 1.807) is 0 Å². The smallest absolute Gasteiger partial charge is 0.136 e. The van der Waals surface area contributed by atoms with Crippen LogP contribution in [0.15, 0.2) is 0 Å². The molecule has 4 saturated carbocycles. The first-order valence-corrected chi connectivity index (χ1v) is 12.5. The molecule has 0 aromatic heterocycles. The summed E-state index contributed by atoms with van der Waals surface area (Å²) in [7, 11) is 0. The first-order chi connectivity index (χ1) is 13.6. The molecule has 0 aliphatic heterocycles. The number of aliphatic hydroxyl groups excluding tert-OH is 2. The molecule has 3 nitrogen and oxygen atoms in total. The molecular weight excluding hydrogens is 360 g/mol. The summed E-state index contributed by atoms with van der Waals surface area (Å²) in [6.45, 7) is 12.0. The van der Waals surface area contributed by atoms with E-state index in [0.29, 0.717) is 41.8 Å². The van der Waals surface area contributed by atoms with Gasteiger partial charge in [0.05, 0.1) is 12.2 Å². The van der Waals surface area contributed by atoms with Crippen molar-refractivity contribution in [1.29, 1.82) is 0 Å². The molecule has 4 aliphatic carbocycles. The molecule has 0 bridgehead atoms. The maximum atomic E-state index is 13.2. The van der Waals surface area contributed by atoms with Gasteiger partial charge in [0, 0.05) is 12.3 Å². The topological polar surface area (TPSA) is 57.5 Å². The van der Waals surface area contributed by atoms with Crippen LogP contribution in [0.1, 0.15) is 92.4 Å². The van der Waals surface area contributed by atoms with Gasteiger partial charge in [-0.05, 0) is 91.3 Å². The van der Waals surface area contributed by atoms with Crippen LogP contribution in [0.25, 0.3) is 0 Å². The molecule has 0 aromatic carbocycles. The number of fused-ring (bicyclic) bond motifs is 5. The average Bonchev–Trinajstić information content (AvgIpc) is 3.01. The Morgan fingerprint density at radius 1 is 1.03 bits per heavy atom. The lowest BCUT2D eigenvalue weighted by Crippen LogP contribution is -2.59. The second kappa shape index (κ2) is 7.62. The summed E-state index contributed by atoms with van der Waals surface area (Å²) in [6, 6.07) is 0. The molecule has 0 spiro atoms. The number of hydrogen-bond acceptors (Lipinski definition) is 3. The van der Waals surface area contributed by atoms with Crippen LogP contribution < -0.4 is 0 Å². The maximum absolute atomic E-state index is 13.2. The molecule has 2 N–H and O–H groups in total. The maximum Gasteiger partial charge on any atom is 0.136 e. The molecule has 0 radical (unpaired) electrons. The van der Waals surface area contributed by atoms with Crippen molar-refractivity contribution in [3.05, 3.63) is 0 Å². The number of aliphatic hydroxyl groups is 2. The highest BCUT2D eigenvalue weighted by molar-refractivity contribution is 5.83. The van der Waals surface area contributed by atoms with Gasteiger partial charge in [-0.15, -0.1) is 0 Å². The van der Waals surface area contributed by atoms with Crippen molar-refractivity contribution in [2.45, 2.75) is 105 Å². The third-order valence-electron chi connectivity index (χ3n) is 10.7. The van der Waals surface area contributed by atoms with E-state index >= 15 is 0 Å². The fourth-order valence-corrected chi connectivity index (χ4v) is 9.01. The quantitative estimate of drug-likeness (QED) is 0.675. The predicted molar refractivity (Wildman–Crippen MR) is 116 cm³/mol. The molecule has 4 rings (SSSR count). The number of carbonyl (C=O) groups is 1. The molecular formula is C26H44O3. The molecule has 3 heteroatoms. The largest absolute Gasteiger partial charge is 0.390 e. The van der Waals surface area contributed by atoms with Gasteiger partial charge in [-0.3, -0.25) is 4.79 Å². The van der Waals surface area contributed by atoms with Crippen molar-refractivity contribution >= 4 is 5.78 Å². The second-order valence-corrected chi connectivity index (χ2v) is 12.1. The lowest BCUT2D eigenvalue weighted by Gasteiger charge is -2.61. The SMILES string of the molecule is CCC(C)CC(C)[C@H]1CC[C@H]2[C@@H]3CC(=O)[C@H]4C[C@H](O)[C@H](O)C[C@]4(C)[C@H]3CC[C@]12C. The Bertz CT molecular complexity index is 631. The molecule has 29 heavy (non-hydrogen) atoms. The summed E-state index contributed by atoms with van der Waals surface area (Å²) in [5.74, 6) is 4.38. The van der Waals surface area contributed by atoms with Crippen molar-refractivity contribution in [2.24, 2.45) is 52.3 Å². The zero-order chi connectivity index (χ0) is 21.1. The Hall–Kier alpha value is -0.410. The summed E-state index contributed by atoms with van der Waals surface area (Å²) in [4.78, 5) is 13.2. The van der Waals surface area contributed by atoms with Crippen molar-refractivity contribution in [2.75, 3.05) is 0 Å². The molecule has 0 aromatic rings. The molecule has 4 fully saturated rings. The Balaban J connectivity index is 1.58. The van der Waals surface area contributed by atoms with Gasteiger partial charge in [0.15, 0.2) is 0 Å². The highest BCUT2D eigenvalue weighted by Gasteiger charge is 2.63. The van der Waals surface area contributed by atoms with Gasteiger partial charge in [-0.25, -0.2) is 0 Å². The van der Waals surface area contributed by atoms with Crippen molar-refractivity contribution in [3.63, 3.8) is 0 Å². The van der Waals surface area contributed by atoms with E-state index in [9.17, 15) is 15.0 Å². The molecule has 4 aliphatic rings. The van der Waals surface area contributed by atoms with Gasteiger partial charge in [0.1, 0.15) is 5.78 Å². The molecule has 0 heterocycles.